The van der Waals surface area contributed by atoms with E-state index in [4.69, 9.17) is 0 Å². The molecule has 1 aromatic heterocycles. The van der Waals surface area contributed by atoms with Gasteiger partial charge >= 0.3 is 0 Å². The minimum atomic E-state index is 0.602. The molecule has 2 rings (SSSR count). The molecule has 3 nitrogen and oxygen atoms in total. The Labute approximate surface area is 91.9 Å². The van der Waals surface area contributed by atoms with E-state index < -0.39 is 0 Å². The van der Waals surface area contributed by atoms with Crippen molar-refractivity contribution in [1.82, 2.24) is 14.9 Å². The number of imidazole rings is 1. The number of aryl methyl sites for hydroxylation is 1. The molecule has 0 bridgehead atoms. The van der Waals surface area contributed by atoms with Gasteiger partial charge in [-0.2, -0.15) is 0 Å². The molecule has 0 aliphatic heterocycles. The molecule has 1 heterocycles. The Morgan fingerprint density at radius 1 is 1.60 bits per heavy atom. The van der Waals surface area contributed by atoms with E-state index in [1.165, 1.54) is 25.1 Å². The third-order valence-electron chi connectivity index (χ3n) is 3.29. The molecule has 1 aliphatic carbocycles. The topological polar surface area (TPSA) is 29.9 Å². The summed E-state index contributed by atoms with van der Waals surface area (Å²) < 4.78 is 2.23. The van der Waals surface area contributed by atoms with Gasteiger partial charge in [-0.3, -0.25) is 0 Å². The second kappa shape index (κ2) is 4.79. The number of rotatable bonds is 6. The molecule has 3 heteroatoms. The highest BCUT2D eigenvalue weighted by Crippen LogP contribution is 2.33. The Hall–Kier alpha value is -0.830. The van der Waals surface area contributed by atoms with Gasteiger partial charge in [-0.15, -0.1) is 0 Å². The van der Waals surface area contributed by atoms with Crippen molar-refractivity contribution in [1.29, 1.82) is 0 Å². The highest BCUT2D eigenvalue weighted by atomic mass is 15.1. The summed E-state index contributed by atoms with van der Waals surface area (Å²) in [6.07, 6.45) is 9.21. The van der Waals surface area contributed by atoms with Gasteiger partial charge in [0.1, 0.15) is 5.82 Å². The fourth-order valence-electron chi connectivity index (χ4n) is 2.10. The monoisotopic (exact) mass is 207 g/mol. The molecule has 15 heavy (non-hydrogen) atoms. The molecule has 1 atom stereocenters. The minimum absolute atomic E-state index is 0.602. The van der Waals surface area contributed by atoms with Gasteiger partial charge in [0.2, 0.25) is 0 Å². The molecule has 1 N–H and O–H groups in total. The maximum atomic E-state index is 4.43. The maximum Gasteiger partial charge on any atom is 0.110 e. The Bertz CT molecular complexity index is 302. The summed E-state index contributed by atoms with van der Waals surface area (Å²) in [5.41, 5.74) is 0. The van der Waals surface area contributed by atoms with E-state index in [9.17, 15) is 0 Å². The largest absolute Gasteiger partial charge is 0.335 e. The molecule has 1 fully saturated rings. The Morgan fingerprint density at radius 2 is 2.40 bits per heavy atom. The Balaban J connectivity index is 1.92. The summed E-state index contributed by atoms with van der Waals surface area (Å²) in [6.45, 7) is 3.19. The van der Waals surface area contributed by atoms with Crippen molar-refractivity contribution in [2.24, 2.45) is 5.92 Å². The second-order valence-corrected chi connectivity index (χ2v) is 4.50. The molecule has 84 valence electrons. The van der Waals surface area contributed by atoms with Crippen molar-refractivity contribution in [3.05, 3.63) is 18.2 Å². The van der Waals surface area contributed by atoms with Crippen LogP contribution < -0.4 is 5.32 Å². The van der Waals surface area contributed by atoms with Crippen LogP contribution in [0.2, 0.25) is 0 Å². The molecule has 0 amide bonds. The lowest BCUT2D eigenvalue weighted by Gasteiger charge is -2.15. The first-order chi connectivity index (χ1) is 7.33. The standard InChI is InChI=1S/C12H21N3/c1-3-15-7-6-14-12(15)9-11(13-2)8-10-4-5-10/h6-7,10-11,13H,3-5,8-9H2,1-2H3. The number of nitrogens with one attached hydrogen (secondary N) is 1. The predicted octanol–water partition coefficient (Wildman–Crippen LogP) is 1.83. The zero-order valence-corrected chi connectivity index (χ0v) is 9.74. The van der Waals surface area contributed by atoms with E-state index in [2.05, 4.69) is 35.0 Å². The third kappa shape index (κ3) is 2.81. The van der Waals surface area contributed by atoms with Crippen molar-refractivity contribution in [2.45, 2.75) is 45.2 Å². The van der Waals surface area contributed by atoms with Crippen LogP contribution >= 0.6 is 0 Å². The second-order valence-electron chi connectivity index (χ2n) is 4.50. The number of nitrogens with zero attached hydrogens (tertiary/aromatic N) is 2. The molecule has 1 saturated carbocycles. The van der Waals surface area contributed by atoms with Crippen molar-refractivity contribution < 1.29 is 0 Å². The minimum Gasteiger partial charge on any atom is -0.335 e. The summed E-state index contributed by atoms with van der Waals surface area (Å²) in [6, 6.07) is 0.602. The molecule has 0 radical (unpaired) electrons. The van der Waals surface area contributed by atoms with E-state index in [1.54, 1.807) is 0 Å². The smallest absolute Gasteiger partial charge is 0.110 e. The molecular formula is C12H21N3. The molecule has 0 saturated heterocycles. The van der Waals surface area contributed by atoms with Gasteiger partial charge in [-0.1, -0.05) is 12.8 Å². The van der Waals surface area contributed by atoms with Crippen LogP contribution in [0.25, 0.3) is 0 Å². The van der Waals surface area contributed by atoms with Gasteiger partial charge in [0.05, 0.1) is 0 Å². The van der Waals surface area contributed by atoms with Crippen molar-refractivity contribution in [3.63, 3.8) is 0 Å². The first-order valence-electron chi connectivity index (χ1n) is 6.00. The summed E-state index contributed by atoms with van der Waals surface area (Å²) in [4.78, 5) is 4.43. The van der Waals surface area contributed by atoms with E-state index >= 15 is 0 Å². The van der Waals surface area contributed by atoms with Crippen LogP contribution in [0.1, 0.15) is 32.0 Å². The molecule has 1 unspecified atom stereocenters. The maximum absolute atomic E-state index is 4.43. The van der Waals surface area contributed by atoms with Gasteiger partial charge in [0.25, 0.3) is 0 Å². The quantitative estimate of drug-likeness (QED) is 0.771. The average molecular weight is 207 g/mol. The van der Waals surface area contributed by atoms with E-state index in [0.717, 1.165) is 18.9 Å². The number of aromatic nitrogens is 2. The van der Waals surface area contributed by atoms with E-state index in [0.29, 0.717) is 6.04 Å². The summed E-state index contributed by atoms with van der Waals surface area (Å²) in [5, 5.41) is 3.41. The molecule has 1 aromatic rings. The van der Waals surface area contributed by atoms with Gasteiger partial charge in [-0.25, -0.2) is 4.98 Å². The lowest BCUT2D eigenvalue weighted by atomic mass is 10.1. The fraction of sp³-hybridized carbons (Fsp3) is 0.750. The van der Waals surface area contributed by atoms with E-state index in [-0.39, 0.29) is 0 Å². The first-order valence-corrected chi connectivity index (χ1v) is 6.00. The predicted molar refractivity (Wildman–Crippen MR) is 61.8 cm³/mol. The molecular weight excluding hydrogens is 186 g/mol. The van der Waals surface area contributed by atoms with Crippen LogP contribution in [0.4, 0.5) is 0 Å². The first kappa shape index (κ1) is 10.7. The zero-order chi connectivity index (χ0) is 10.7. The van der Waals surface area contributed by atoms with Crippen LogP contribution in [0, 0.1) is 5.92 Å². The van der Waals surface area contributed by atoms with E-state index in [1.807, 2.05) is 6.20 Å². The van der Waals surface area contributed by atoms with Gasteiger partial charge < -0.3 is 9.88 Å². The van der Waals surface area contributed by atoms with Crippen molar-refractivity contribution in [2.75, 3.05) is 7.05 Å². The van der Waals surface area contributed by atoms with Crippen LogP contribution in [0.15, 0.2) is 12.4 Å². The number of likely N-dealkylation sites (N-methyl/N-ethyl adjacent to an activating group) is 1. The SMILES string of the molecule is CCn1ccnc1CC(CC1CC1)NC. The van der Waals surface area contributed by atoms with Gasteiger partial charge in [0, 0.05) is 31.4 Å². The Morgan fingerprint density at radius 3 is 3.00 bits per heavy atom. The van der Waals surface area contributed by atoms with Crippen LogP contribution in [-0.4, -0.2) is 22.6 Å². The molecule has 0 aromatic carbocycles. The third-order valence-corrected chi connectivity index (χ3v) is 3.29. The van der Waals surface area contributed by atoms with Crippen LogP contribution in [0.3, 0.4) is 0 Å². The number of hydrogen-bond acceptors (Lipinski definition) is 2. The number of hydrogen-bond donors (Lipinski definition) is 1. The highest BCUT2D eigenvalue weighted by Gasteiger charge is 2.25. The Kier molecular flexibility index (Phi) is 3.41. The normalized spacial score (nSPS) is 18.0. The van der Waals surface area contributed by atoms with Crippen molar-refractivity contribution in [3.8, 4) is 0 Å². The summed E-state index contributed by atoms with van der Waals surface area (Å²) in [7, 11) is 2.06. The molecule has 0 spiro atoms. The highest BCUT2D eigenvalue weighted by molar-refractivity contribution is 4.96. The van der Waals surface area contributed by atoms with Gasteiger partial charge in [-0.05, 0) is 26.3 Å². The summed E-state index contributed by atoms with van der Waals surface area (Å²) in [5.74, 6) is 2.20. The van der Waals surface area contributed by atoms with Crippen LogP contribution in [0.5, 0.6) is 0 Å². The van der Waals surface area contributed by atoms with Crippen molar-refractivity contribution >= 4 is 0 Å². The molecule has 1 aliphatic rings. The van der Waals surface area contributed by atoms with Gasteiger partial charge in [0.15, 0.2) is 0 Å². The summed E-state index contributed by atoms with van der Waals surface area (Å²) >= 11 is 0. The average Bonchev–Trinajstić information content (AvgIpc) is 2.95. The van der Waals surface area contributed by atoms with Crippen LogP contribution in [-0.2, 0) is 13.0 Å². The lowest BCUT2D eigenvalue weighted by Crippen LogP contribution is -2.29. The zero-order valence-electron chi connectivity index (χ0n) is 9.74. The lowest BCUT2D eigenvalue weighted by molar-refractivity contribution is 0.472. The fourth-order valence-corrected chi connectivity index (χ4v) is 2.10.